The van der Waals surface area contributed by atoms with Crippen LogP contribution < -0.4 is 0 Å². The van der Waals surface area contributed by atoms with Crippen LogP contribution >= 0.6 is 0 Å². The minimum absolute atomic E-state index is 0.0617. The van der Waals surface area contributed by atoms with Crippen LogP contribution in [-0.2, 0) is 28.6 Å². The maximum absolute atomic E-state index is 12.9. The molecule has 0 amide bonds. The van der Waals surface area contributed by atoms with E-state index in [9.17, 15) is 14.4 Å². The lowest BCUT2D eigenvalue weighted by molar-refractivity contribution is -0.167. The zero-order valence-electron chi connectivity index (χ0n) is 53.5. The molecule has 0 aromatic rings. The van der Waals surface area contributed by atoms with E-state index in [1.807, 2.05) is 0 Å². The lowest BCUT2D eigenvalue weighted by Crippen LogP contribution is -2.30. The summed E-state index contributed by atoms with van der Waals surface area (Å²) in [6.45, 7) is 6.67. The largest absolute Gasteiger partial charge is 0.462 e. The van der Waals surface area contributed by atoms with E-state index in [4.69, 9.17) is 14.2 Å². The minimum atomic E-state index is -0.761. The van der Waals surface area contributed by atoms with Crippen molar-refractivity contribution in [3.05, 3.63) is 0 Å². The van der Waals surface area contributed by atoms with Gasteiger partial charge in [0.2, 0.25) is 0 Å². The van der Waals surface area contributed by atoms with Crippen LogP contribution in [0, 0.1) is 0 Å². The quantitative estimate of drug-likeness (QED) is 0.0343. The Hall–Kier alpha value is -1.59. The number of carbonyl (C=O) groups excluding carboxylic acids is 3. The monoisotopic (exact) mass is 1100 g/mol. The first-order chi connectivity index (χ1) is 38.5. The van der Waals surface area contributed by atoms with Crippen molar-refractivity contribution in [3.63, 3.8) is 0 Å². The Morgan fingerprint density at radius 1 is 0.205 bits per heavy atom. The summed E-state index contributed by atoms with van der Waals surface area (Å²) in [6, 6.07) is 0. The lowest BCUT2D eigenvalue weighted by Gasteiger charge is -2.18. The van der Waals surface area contributed by atoms with Crippen LogP contribution in [0.1, 0.15) is 425 Å². The maximum atomic E-state index is 12.9. The van der Waals surface area contributed by atoms with E-state index in [1.54, 1.807) is 0 Å². The summed E-state index contributed by atoms with van der Waals surface area (Å²) in [7, 11) is 0. The molecule has 1 unspecified atom stereocenters. The lowest BCUT2D eigenvalue weighted by atomic mass is 10.0. The molecule has 1 atom stereocenters. The van der Waals surface area contributed by atoms with Crippen LogP contribution in [0.25, 0.3) is 0 Å². The molecule has 0 heterocycles. The topological polar surface area (TPSA) is 78.9 Å². The van der Waals surface area contributed by atoms with Gasteiger partial charge in [-0.2, -0.15) is 0 Å². The molecule has 0 aliphatic heterocycles. The number of rotatable bonds is 68. The predicted octanol–water partition coefficient (Wildman–Crippen LogP) is 24.6. The molecule has 464 valence electrons. The fraction of sp³-hybridized carbons (Fsp3) is 0.958. The highest BCUT2D eigenvalue weighted by Gasteiger charge is 2.19. The van der Waals surface area contributed by atoms with Gasteiger partial charge < -0.3 is 14.2 Å². The molecule has 0 bridgehead atoms. The van der Waals surface area contributed by atoms with Crippen molar-refractivity contribution in [3.8, 4) is 0 Å². The zero-order chi connectivity index (χ0) is 56.4. The molecule has 6 heteroatoms. The Kier molecular flexibility index (Phi) is 66.5. The maximum Gasteiger partial charge on any atom is 0.306 e. The Bertz CT molecular complexity index is 1170. The molecule has 78 heavy (non-hydrogen) atoms. The van der Waals surface area contributed by atoms with E-state index in [-0.39, 0.29) is 31.1 Å². The number of hydrogen-bond acceptors (Lipinski definition) is 6. The molecule has 0 N–H and O–H groups in total. The van der Waals surface area contributed by atoms with Crippen LogP contribution in [0.2, 0.25) is 0 Å². The summed E-state index contributed by atoms with van der Waals surface area (Å²) in [5.74, 6) is -0.837. The molecule has 0 saturated carbocycles. The third-order valence-electron chi connectivity index (χ3n) is 16.9. The summed E-state index contributed by atoms with van der Waals surface area (Å²) in [4.78, 5) is 38.1. The highest BCUT2D eigenvalue weighted by molar-refractivity contribution is 5.71. The molecule has 0 fully saturated rings. The van der Waals surface area contributed by atoms with Gasteiger partial charge in [0.05, 0.1) is 0 Å². The Morgan fingerprint density at radius 3 is 0.513 bits per heavy atom. The molecule has 6 nitrogen and oxygen atoms in total. The average Bonchev–Trinajstić information content (AvgIpc) is 3.44. The van der Waals surface area contributed by atoms with E-state index in [0.717, 1.165) is 57.8 Å². The fourth-order valence-corrected chi connectivity index (χ4v) is 11.5. The van der Waals surface area contributed by atoms with Gasteiger partial charge in [-0.25, -0.2) is 0 Å². The Labute approximate surface area is 488 Å². The Balaban J connectivity index is 3.89. The first-order valence-electron chi connectivity index (χ1n) is 36.0. The molecule has 0 rings (SSSR count). The molecule has 0 aliphatic rings. The third-order valence-corrected chi connectivity index (χ3v) is 16.9. The van der Waals surface area contributed by atoms with Crippen LogP contribution in [0.3, 0.4) is 0 Å². The van der Waals surface area contributed by atoms with Crippen molar-refractivity contribution in [1.82, 2.24) is 0 Å². The first kappa shape index (κ1) is 76.4. The van der Waals surface area contributed by atoms with E-state index >= 15 is 0 Å². The SMILES string of the molecule is CCCCCCCCCCCCCCCCCCCCCCCCCCCCCCCCCCCC(=O)OCC(COC(=O)CCCCCCCC)OC(=O)CCCCCCCCCCCCCCCCCCCCCCC. The minimum Gasteiger partial charge on any atom is -0.462 e. The summed E-state index contributed by atoms with van der Waals surface area (Å²) in [5.41, 5.74) is 0. The molecule has 0 aliphatic carbocycles. The van der Waals surface area contributed by atoms with E-state index in [0.29, 0.717) is 19.3 Å². The van der Waals surface area contributed by atoms with Gasteiger partial charge in [-0.15, -0.1) is 0 Å². The highest BCUT2D eigenvalue weighted by Crippen LogP contribution is 2.20. The van der Waals surface area contributed by atoms with Crippen molar-refractivity contribution in [2.75, 3.05) is 13.2 Å². The number of unbranched alkanes of at least 4 members (excludes halogenated alkanes) is 57. The second-order valence-electron chi connectivity index (χ2n) is 24.9. The van der Waals surface area contributed by atoms with Gasteiger partial charge >= 0.3 is 17.9 Å². The van der Waals surface area contributed by atoms with Crippen molar-refractivity contribution < 1.29 is 28.6 Å². The van der Waals surface area contributed by atoms with Crippen molar-refractivity contribution in [2.24, 2.45) is 0 Å². The second kappa shape index (κ2) is 67.9. The van der Waals surface area contributed by atoms with Crippen molar-refractivity contribution in [1.29, 1.82) is 0 Å². The van der Waals surface area contributed by atoms with Gasteiger partial charge in [0.25, 0.3) is 0 Å². The van der Waals surface area contributed by atoms with E-state index in [1.165, 1.54) is 327 Å². The highest BCUT2D eigenvalue weighted by atomic mass is 16.6. The number of esters is 3. The molecule has 0 spiro atoms. The molecule has 0 aromatic heterocycles. The Morgan fingerprint density at radius 2 is 0.346 bits per heavy atom. The van der Waals surface area contributed by atoms with E-state index in [2.05, 4.69) is 20.8 Å². The third kappa shape index (κ3) is 65.2. The molecule has 0 aromatic carbocycles. The molecular weight excluding hydrogens is 961 g/mol. The van der Waals surface area contributed by atoms with Crippen LogP contribution in [0.15, 0.2) is 0 Å². The second-order valence-corrected chi connectivity index (χ2v) is 24.9. The van der Waals surface area contributed by atoms with E-state index < -0.39 is 6.10 Å². The van der Waals surface area contributed by atoms with Gasteiger partial charge in [0.1, 0.15) is 13.2 Å². The first-order valence-corrected chi connectivity index (χ1v) is 36.0. The van der Waals surface area contributed by atoms with Gasteiger partial charge in [0.15, 0.2) is 6.10 Å². The summed E-state index contributed by atoms with van der Waals surface area (Å²) in [5, 5.41) is 0. The summed E-state index contributed by atoms with van der Waals surface area (Å²) < 4.78 is 16.9. The smallest absolute Gasteiger partial charge is 0.306 e. The van der Waals surface area contributed by atoms with Gasteiger partial charge in [0, 0.05) is 19.3 Å². The van der Waals surface area contributed by atoms with Crippen LogP contribution in [-0.4, -0.2) is 37.2 Å². The predicted molar refractivity (Wildman–Crippen MR) is 340 cm³/mol. The van der Waals surface area contributed by atoms with Crippen molar-refractivity contribution in [2.45, 2.75) is 431 Å². The van der Waals surface area contributed by atoms with Crippen LogP contribution in [0.4, 0.5) is 0 Å². The zero-order valence-corrected chi connectivity index (χ0v) is 53.5. The number of ether oxygens (including phenoxy) is 3. The molecule has 0 radical (unpaired) electrons. The fourth-order valence-electron chi connectivity index (χ4n) is 11.5. The summed E-state index contributed by atoms with van der Waals surface area (Å²) in [6.07, 6.45) is 80.6. The number of hydrogen-bond donors (Lipinski definition) is 0. The van der Waals surface area contributed by atoms with Crippen LogP contribution in [0.5, 0.6) is 0 Å². The standard InChI is InChI=1S/C72H140O6/c1-4-7-10-13-16-18-20-22-24-26-28-30-31-32-33-34-35-36-37-38-39-40-41-43-44-46-48-50-52-54-56-59-62-65-71(74)77-68-69(67-76-70(73)64-61-58-15-12-9-6-3)78-72(75)66-63-60-57-55-53-51-49-47-45-42-29-27-25-23-21-19-17-14-11-8-5-2/h69H,4-68H2,1-3H3. The molecule has 0 saturated heterocycles. The summed E-state index contributed by atoms with van der Waals surface area (Å²) >= 11 is 0. The normalized spacial score (nSPS) is 11.9. The van der Waals surface area contributed by atoms with Crippen molar-refractivity contribution >= 4 is 17.9 Å². The average molecular weight is 1100 g/mol. The van der Waals surface area contributed by atoms with Gasteiger partial charge in [-0.05, 0) is 19.3 Å². The van der Waals surface area contributed by atoms with Gasteiger partial charge in [-0.1, -0.05) is 387 Å². The number of carbonyl (C=O) groups is 3. The molecular formula is C72H140O6. The van der Waals surface area contributed by atoms with Gasteiger partial charge in [-0.3, -0.25) is 14.4 Å².